The summed E-state index contributed by atoms with van der Waals surface area (Å²) >= 11 is 1.36. The van der Waals surface area contributed by atoms with Crippen molar-refractivity contribution >= 4 is 31.9 Å². The van der Waals surface area contributed by atoms with Crippen LogP contribution in [0.2, 0.25) is 25.7 Å². The topological polar surface area (TPSA) is 75.6 Å². The summed E-state index contributed by atoms with van der Waals surface area (Å²) in [7, 11) is -1.23. The molecular formula is C10H21NO4SSi. The number of ether oxygens (including phenoxy) is 1. The number of carboxylic acids is 1. The molecule has 5 nitrogen and oxygen atoms in total. The number of hydrogen-bond donors (Lipinski definition) is 2. The summed E-state index contributed by atoms with van der Waals surface area (Å²) in [6.07, 6.45) is 1.14. The molecule has 7 heteroatoms. The molecule has 1 atom stereocenters. The fraction of sp³-hybridized carbons (Fsp3) is 0.800. The average molecular weight is 279 g/mol. The number of carbonyl (C=O) groups excluding carboxylic acids is 1. The molecule has 0 aliphatic rings. The molecule has 0 aliphatic carbocycles. The van der Waals surface area contributed by atoms with Crippen LogP contribution in [0.4, 0.5) is 4.79 Å². The molecular weight excluding hydrogens is 258 g/mol. The first kappa shape index (κ1) is 16.3. The second kappa shape index (κ2) is 7.60. The molecule has 0 aromatic heterocycles. The van der Waals surface area contributed by atoms with E-state index < -0.39 is 26.2 Å². The monoisotopic (exact) mass is 279 g/mol. The molecule has 0 aromatic carbocycles. The maximum Gasteiger partial charge on any atom is 0.407 e. The third kappa shape index (κ3) is 9.05. The molecule has 0 spiro atoms. The first-order valence-corrected chi connectivity index (χ1v) is 10.5. The van der Waals surface area contributed by atoms with E-state index in [-0.39, 0.29) is 0 Å². The Morgan fingerprint density at radius 2 is 2.00 bits per heavy atom. The molecule has 0 radical (unpaired) electrons. The summed E-state index contributed by atoms with van der Waals surface area (Å²) in [6, 6.07) is -0.00915. The highest BCUT2D eigenvalue weighted by Gasteiger charge is 2.20. The van der Waals surface area contributed by atoms with Crippen LogP contribution >= 0.6 is 11.8 Å². The minimum atomic E-state index is -1.23. The zero-order valence-electron chi connectivity index (χ0n) is 10.8. The van der Waals surface area contributed by atoms with E-state index in [4.69, 9.17) is 9.84 Å². The number of alkyl carbamates (subject to hydrolysis) is 1. The molecule has 0 saturated heterocycles. The van der Waals surface area contributed by atoms with Gasteiger partial charge in [-0.2, -0.15) is 11.8 Å². The van der Waals surface area contributed by atoms with Gasteiger partial charge in [0, 0.05) is 13.8 Å². The van der Waals surface area contributed by atoms with Crippen LogP contribution in [0, 0.1) is 0 Å². The van der Waals surface area contributed by atoms with Gasteiger partial charge in [0.25, 0.3) is 0 Å². The number of aliphatic carboxylic acids is 1. The van der Waals surface area contributed by atoms with Crippen LogP contribution in [0.1, 0.15) is 0 Å². The Hall–Kier alpha value is -0.693. The molecule has 0 aromatic rings. The third-order valence-corrected chi connectivity index (χ3v) is 4.38. The number of carbonyl (C=O) groups is 2. The van der Waals surface area contributed by atoms with Gasteiger partial charge >= 0.3 is 12.1 Å². The van der Waals surface area contributed by atoms with Crippen LogP contribution < -0.4 is 5.32 Å². The summed E-state index contributed by atoms with van der Waals surface area (Å²) in [4.78, 5) is 22.1. The summed E-state index contributed by atoms with van der Waals surface area (Å²) in [5, 5.41) is 11.2. The Balaban J connectivity index is 3.95. The van der Waals surface area contributed by atoms with Crippen molar-refractivity contribution in [3.05, 3.63) is 0 Å². The van der Waals surface area contributed by atoms with Crippen LogP contribution in [0.3, 0.4) is 0 Å². The van der Waals surface area contributed by atoms with Gasteiger partial charge in [-0.3, -0.25) is 0 Å². The van der Waals surface area contributed by atoms with Crippen molar-refractivity contribution in [3.63, 3.8) is 0 Å². The first-order chi connectivity index (χ1) is 7.76. The Bertz CT molecular complexity index is 268. The van der Waals surface area contributed by atoms with Crippen LogP contribution in [0.25, 0.3) is 0 Å². The summed E-state index contributed by atoms with van der Waals surface area (Å²) in [5.74, 6) is -0.708. The van der Waals surface area contributed by atoms with E-state index in [1.807, 2.05) is 0 Å². The Morgan fingerprint density at radius 1 is 1.41 bits per heavy atom. The molecule has 0 heterocycles. The first-order valence-electron chi connectivity index (χ1n) is 5.41. The van der Waals surface area contributed by atoms with Crippen molar-refractivity contribution in [2.45, 2.75) is 31.7 Å². The maximum absolute atomic E-state index is 11.3. The third-order valence-electron chi connectivity index (χ3n) is 2.01. The molecule has 0 saturated carbocycles. The van der Waals surface area contributed by atoms with Crippen molar-refractivity contribution in [2.75, 3.05) is 18.6 Å². The Morgan fingerprint density at radius 3 is 2.41 bits per heavy atom. The van der Waals surface area contributed by atoms with Gasteiger partial charge in [0.15, 0.2) is 0 Å². The summed E-state index contributed by atoms with van der Waals surface area (Å²) in [6.45, 7) is 6.90. The van der Waals surface area contributed by atoms with Crippen molar-refractivity contribution in [2.24, 2.45) is 0 Å². The van der Waals surface area contributed by atoms with Gasteiger partial charge in [-0.05, 0) is 12.3 Å². The number of rotatable bonds is 7. The van der Waals surface area contributed by atoms with E-state index in [0.717, 1.165) is 6.04 Å². The quantitative estimate of drug-likeness (QED) is 0.696. The zero-order chi connectivity index (χ0) is 13.5. The second-order valence-corrected chi connectivity index (χ2v) is 11.5. The van der Waals surface area contributed by atoms with Crippen LogP contribution in [0.15, 0.2) is 0 Å². The minimum absolute atomic E-state index is 0.332. The standard InChI is InChI=1S/C10H21NO4SSi/c1-16-7-8(9(12)13)11-10(14)15-5-6-17(2,3)4/h8H,5-7H2,1-4H3,(H,11,14)(H,12,13)/t8-/m0/s1. The smallest absolute Gasteiger partial charge is 0.407 e. The van der Waals surface area contributed by atoms with Crippen molar-refractivity contribution in [3.8, 4) is 0 Å². The fourth-order valence-electron chi connectivity index (χ4n) is 0.975. The van der Waals surface area contributed by atoms with Gasteiger partial charge in [-0.1, -0.05) is 19.6 Å². The number of carboxylic acid groups (broad SMARTS) is 1. The van der Waals surface area contributed by atoms with Crippen LogP contribution in [-0.2, 0) is 9.53 Å². The van der Waals surface area contributed by atoms with Gasteiger partial charge in [0.1, 0.15) is 6.04 Å². The largest absolute Gasteiger partial charge is 0.480 e. The maximum atomic E-state index is 11.3. The fourth-order valence-corrected chi connectivity index (χ4v) is 2.25. The predicted molar refractivity (Wildman–Crippen MR) is 72.4 cm³/mol. The van der Waals surface area contributed by atoms with Gasteiger partial charge in [-0.15, -0.1) is 0 Å². The normalized spacial score (nSPS) is 12.9. The minimum Gasteiger partial charge on any atom is -0.480 e. The summed E-state index contributed by atoms with van der Waals surface area (Å²) < 4.78 is 4.96. The molecule has 17 heavy (non-hydrogen) atoms. The highest BCUT2D eigenvalue weighted by Crippen LogP contribution is 2.07. The van der Waals surface area contributed by atoms with Gasteiger partial charge in [0.2, 0.25) is 0 Å². The van der Waals surface area contributed by atoms with Crippen LogP contribution in [-0.4, -0.2) is 49.9 Å². The molecule has 0 aliphatic heterocycles. The molecule has 0 bridgehead atoms. The lowest BCUT2D eigenvalue weighted by Gasteiger charge is -2.17. The van der Waals surface area contributed by atoms with Crippen molar-refractivity contribution in [1.82, 2.24) is 5.32 Å². The van der Waals surface area contributed by atoms with E-state index >= 15 is 0 Å². The second-order valence-electron chi connectivity index (χ2n) is 4.94. The lowest BCUT2D eigenvalue weighted by molar-refractivity contribution is -0.138. The molecule has 100 valence electrons. The molecule has 0 fully saturated rings. The van der Waals surface area contributed by atoms with Gasteiger partial charge < -0.3 is 15.2 Å². The number of thioether (sulfide) groups is 1. The molecule has 0 unspecified atom stereocenters. The molecule has 0 rings (SSSR count). The van der Waals surface area contributed by atoms with E-state index in [0.29, 0.717) is 12.4 Å². The molecule has 2 N–H and O–H groups in total. The Labute approximate surface area is 107 Å². The van der Waals surface area contributed by atoms with Gasteiger partial charge in [-0.25, -0.2) is 9.59 Å². The number of amides is 1. The van der Waals surface area contributed by atoms with E-state index in [1.165, 1.54) is 11.8 Å². The average Bonchev–Trinajstić information content (AvgIpc) is 2.14. The number of nitrogens with one attached hydrogen (secondary N) is 1. The lowest BCUT2D eigenvalue weighted by atomic mass is 10.3. The van der Waals surface area contributed by atoms with E-state index in [2.05, 4.69) is 25.0 Å². The number of hydrogen-bond acceptors (Lipinski definition) is 4. The predicted octanol–water partition coefficient (Wildman–Crippen LogP) is 1.87. The zero-order valence-corrected chi connectivity index (χ0v) is 12.6. The lowest BCUT2D eigenvalue weighted by Crippen LogP contribution is -2.43. The van der Waals surface area contributed by atoms with Crippen molar-refractivity contribution in [1.29, 1.82) is 0 Å². The van der Waals surface area contributed by atoms with Crippen molar-refractivity contribution < 1.29 is 19.4 Å². The van der Waals surface area contributed by atoms with Gasteiger partial charge in [0.05, 0.1) is 6.61 Å². The molecule has 1 amide bonds. The van der Waals surface area contributed by atoms with E-state index in [1.54, 1.807) is 6.26 Å². The summed E-state index contributed by atoms with van der Waals surface area (Å²) in [5.41, 5.74) is 0. The Kier molecular flexibility index (Phi) is 7.29. The highest BCUT2D eigenvalue weighted by molar-refractivity contribution is 7.98. The highest BCUT2D eigenvalue weighted by atomic mass is 32.2. The van der Waals surface area contributed by atoms with Crippen LogP contribution in [0.5, 0.6) is 0 Å². The van der Waals surface area contributed by atoms with E-state index in [9.17, 15) is 9.59 Å². The SMILES string of the molecule is CSC[C@H](NC(=O)OCC[Si](C)(C)C)C(=O)O.